The van der Waals surface area contributed by atoms with Crippen LogP contribution < -0.4 is 0 Å². The lowest BCUT2D eigenvalue weighted by Crippen LogP contribution is -2.35. The van der Waals surface area contributed by atoms with E-state index in [1.165, 1.54) is 6.42 Å². The van der Waals surface area contributed by atoms with E-state index in [-0.39, 0.29) is 0 Å². The van der Waals surface area contributed by atoms with Crippen molar-refractivity contribution in [1.82, 2.24) is 24.8 Å². The first-order valence-electron chi connectivity index (χ1n) is 7.89. The van der Waals surface area contributed by atoms with Gasteiger partial charge in [-0.05, 0) is 37.9 Å². The van der Waals surface area contributed by atoms with Crippen LogP contribution in [-0.4, -0.2) is 49.6 Å². The number of fused-ring (bicyclic) bond motifs is 1. The largest absolute Gasteiger partial charge is 0.343 e. The van der Waals surface area contributed by atoms with E-state index in [0.717, 1.165) is 55.1 Å². The number of rotatable bonds is 6. The van der Waals surface area contributed by atoms with Crippen molar-refractivity contribution in [3.05, 3.63) is 12.7 Å². The number of thioether (sulfide) groups is 1. The first-order valence-corrected chi connectivity index (χ1v) is 8.88. The van der Waals surface area contributed by atoms with Crippen molar-refractivity contribution in [2.75, 3.05) is 18.8 Å². The molecule has 0 bridgehead atoms. The van der Waals surface area contributed by atoms with Crippen molar-refractivity contribution < 1.29 is 4.79 Å². The lowest BCUT2D eigenvalue weighted by Gasteiger charge is -2.26. The smallest absolute Gasteiger partial charge is 0.222 e. The topological polar surface area (TPSA) is 74.8 Å². The summed E-state index contributed by atoms with van der Waals surface area (Å²) < 4.78 is 0. The van der Waals surface area contributed by atoms with Crippen molar-refractivity contribution in [3.63, 3.8) is 0 Å². The summed E-state index contributed by atoms with van der Waals surface area (Å²) in [5.74, 6) is 1.28. The van der Waals surface area contributed by atoms with Crippen molar-refractivity contribution >= 4 is 28.8 Å². The van der Waals surface area contributed by atoms with E-state index in [1.54, 1.807) is 24.4 Å². The highest BCUT2D eigenvalue weighted by Crippen LogP contribution is 2.23. The molecule has 1 fully saturated rings. The summed E-state index contributed by atoms with van der Waals surface area (Å²) in [7, 11) is 0. The number of carbonyl (C=O) groups is 1. The molecule has 1 saturated heterocycles. The van der Waals surface area contributed by atoms with E-state index in [9.17, 15) is 4.79 Å². The van der Waals surface area contributed by atoms with Crippen LogP contribution in [0.25, 0.3) is 11.2 Å². The summed E-state index contributed by atoms with van der Waals surface area (Å²) >= 11 is 1.69. The van der Waals surface area contributed by atoms with Crippen molar-refractivity contribution in [2.45, 2.75) is 43.6 Å². The quantitative estimate of drug-likeness (QED) is 0.503. The van der Waals surface area contributed by atoms with Crippen LogP contribution in [0, 0.1) is 0 Å². The van der Waals surface area contributed by atoms with Crippen LogP contribution in [0.5, 0.6) is 0 Å². The van der Waals surface area contributed by atoms with Gasteiger partial charge in [0, 0.05) is 19.5 Å². The SMILES string of the molecule is O=C(CCCCSc1ncnc2nc[nH]c12)N1CCCCC1. The maximum Gasteiger partial charge on any atom is 0.222 e. The minimum absolute atomic E-state index is 0.322. The molecule has 3 rings (SSSR count). The van der Waals surface area contributed by atoms with E-state index in [0.29, 0.717) is 18.0 Å². The molecular weight excluding hydrogens is 298 g/mol. The average molecular weight is 319 g/mol. The van der Waals surface area contributed by atoms with Gasteiger partial charge in [0.2, 0.25) is 5.91 Å². The lowest BCUT2D eigenvalue weighted by atomic mass is 10.1. The van der Waals surface area contributed by atoms with Gasteiger partial charge in [0.1, 0.15) is 16.9 Å². The number of aromatic nitrogens is 4. The number of imidazole rings is 1. The zero-order chi connectivity index (χ0) is 15.2. The molecule has 3 heterocycles. The molecule has 1 aliphatic rings. The van der Waals surface area contributed by atoms with Crippen molar-refractivity contribution in [3.8, 4) is 0 Å². The van der Waals surface area contributed by atoms with Crippen LogP contribution >= 0.6 is 11.8 Å². The molecule has 0 saturated carbocycles. The Hall–Kier alpha value is -1.63. The van der Waals surface area contributed by atoms with E-state index in [2.05, 4.69) is 19.9 Å². The number of unbranched alkanes of at least 4 members (excludes halogenated alkanes) is 1. The summed E-state index contributed by atoms with van der Waals surface area (Å²) in [6.07, 6.45) is 9.41. The molecule has 1 N–H and O–H groups in total. The van der Waals surface area contributed by atoms with Crippen molar-refractivity contribution in [1.29, 1.82) is 0 Å². The van der Waals surface area contributed by atoms with E-state index >= 15 is 0 Å². The number of nitrogens with one attached hydrogen (secondary N) is 1. The second-order valence-corrected chi connectivity index (χ2v) is 6.61. The molecule has 0 radical (unpaired) electrons. The number of H-pyrrole nitrogens is 1. The van der Waals surface area contributed by atoms with Gasteiger partial charge in [-0.15, -0.1) is 11.8 Å². The monoisotopic (exact) mass is 319 g/mol. The second kappa shape index (κ2) is 7.58. The number of hydrogen-bond acceptors (Lipinski definition) is 5. The van der Waals surface area contributed by atoms with Gasteiger partial charge in [-0.25, -0.2) is 15.0 Å². The standard InChI is InChI=1S/C15H21N5OS/c21-12(20-7-3-1-4-8-20)6-2-5-9-22-15-13-14(17-10-16-13)18-11-19-15/h10-11H,1-9H2,(H,16,17,18,19). The molecule has 0 unspecified atom stereocenters. The Labute approximate surface area is 134 Å². The molecule has 0 aliphatic carbocycles. The lowest BCUT2D eigenvalue weighted by molar-refractivity contribution is -0.132. The Bertz CT molecular complexity index is 623. The van der Waals surface area contributed by atoms with Crippen LogP contribution in [0.15, 0.2) is 17.7 Å². The number of amides is 1. The highest BCUT2D eigenvalue weighted by molar-refractivity contribution is 7.99. The van der Waals surface area contributed by atoms with E-state index < -0.39 is 0 Å². The number of hydrogen-bond donors (Lipinski definition) is 1. The van der Waals surface area contributed by atoms with Gasteiger partial charge in [0.15, 0.2) is 5.65 Å². The Morgan fingerprint density at radius 2 is 2.05 bits per heavy atom. The van der Waals surface area contributed by atoms with Crippen LogP contribution in [-0.2, 0) is 4.79 Å². The molecule has 0 atom stereocenters. The highest BCUT2D eigenvalue weighted by Gasteiger charge is 2.15. The number of piperidine rings is 1. The van der Waals surface area contributed by atoms with Gasteiger partial charge in [0.25, 0.3) is 0 Å². The third-order valence-electron chi connectivity index (χ3n) is 3.92. The Balaban J connectivity index is 1.38. The number of nitrogens with zero attached hydrogens (tertiary/aromatic N) is 4. The summed E-state index contributed by atoms with van der Waals surface area (Å²) in [6, 6.07) is 0. The molecular formula is C15H21N5OS. The fourth-order valence-corrected chi connectivity index (χ4v) is 3.66. The predicted molar refractivity (Wildman–Crippen MR) is 86.7 cm³/mol. The molecule has 6 nitrogen and oxygen atoms in total. The molecule has 7 heteroatoms. The first kappa shape index (κ1) is 15.3. The minimum atomic E-state index is 0.322. The summed E-state index contributed by atoms with van der Waals surface area (Å²) in [4.78, 5) is 29.7. The van der Waals surface area contributed by atoms with Gasteiger partial charge < -0.3 is 9.88 Å². The highest BCUT2D eigenvalue weighted by atomic mass is 32.2. The molecule has 0 spiro atoms. The first-order chi connectivity index (χ1) is 10.8. The van der Waals surface area contributed by atoms with Crippen LogP contribution in [0.4, 0.5) is 0 Å². The van der Waals surface area contributed by atoms with Gasteiger partial charge in [-0.3, -0.25) is 4.79 Å². The zero-order valence-electron chi connectivity index (χ0n) is 12.6. The maximum absolute atomic E-state index is 12.1. The molecule has 118 valence electrons. The minimum Gasteiger partial charge on any atom is -0.343 e. The second-order valence-electron chi connectivity index (χ2n) is 5.53. The fourth-order valence-electron chi connectivity index (χ4n) is 2.70. The molecule has 2 aromatic rings. The number of aromatic amines is 1. The third kappa shape index (κ3) is 3.76. The van der Waals surface area contributed by atoms with E-state index in [4.69, 9.17) is 0 Å². The van der Waals surface area contributed by atoms with Crippen molar-refractivity contribution in [2.24, 2.45) is 0 Å². The Morgan fingerprint density at radius 1 is 1.18 bits per heavy atom. The van der Waals surface area contributed by atoms with Gasteiger partial charge >= 0.3 is 0 Å². The summed E-state index contributed by atoms with van der Waals surface area (Å²) in [6.45, 7) is 1.90. The molecule has 2 aromatic heterocycles. The van der Waals surface area contributed by atoms with Crippen LogP contribution in [0.2, 0.25) is 0 Å². The Kier molecular flexibility index (Phi) is 5.26. The molecule has 22 heavy (non-hydrogen) atoms. The molecule has 1 amide bonds. The Morgan fingerprint density at radius 3 is 2.91 bits per heavy atom. The normalized spacial score (nSPS) is 15.4. The fraction of sp³-hybridized carbons (Fsp3) is 0.600. The van der Waals surface area contributed by atoms with E-state index in [1.807, 2.05) is 4.90 Å². The van der Waals surface area contributed by atoms with Crippen LogP contribution in [0.1, 0.15) is 38.5 Å². The third-order valence-corrected chi connectivity index (χ3v) is 5.00. The summed E-state index contributed by atoms with van der Waals surface area (Å²) in [5.41, 5.74) is 1.61. The number of carbonyl (C=O) groups excluding carboxylic acids is 1. The molecule has 1 aliphatic heterocycles. The average Bonchev–Trinajstić information content (AvgIpc) is 3.04. The van der Waals surface area contributed by atoms with Gasteiger partial charge in [-0.2, -0.15) is 0 Å². The van der Waals surface area contributed by atoms with Crippen LogP contribution in [0.3, 0.4) is 0 Å². The zero-order valence-corrected chi connectivity index (χ0v) is 13.4. The molecule has 0 aromatic carbocycles. The van der Waals surface area contributed by atoms with Gasteiger partial charge in [-0.1, -0.05) is 0 Å². The summed E-state index contributed by atoms with van der Waals surface area (Å²) in [5, 5.41) is 0.935. The number of likely N-dealkylation sites (tertiary alicyclic amines) is 1. The predicted octanol–water partition coefficient (Wildman–Crippen LogP) is 2.63. The maximum atomic E-state index is 12.1. The van der Waals surface area contributed by atoms with Gasteiger partial charge in [0.05, 0.1) is 6.33 Å².